The highest BCUT2D eigenvalue weighted by Crippen LogP contribution is 2.09. The van der Waals surface area contributed by atoms with E-state index in [1.54, 1.807) is 4.90 Å². The fourth-order valence-electron chi connectivity index (χ4n) is 2.44. The van der Waals surface area contributed by atoms with E-state index in [-0.39, 0.29) is 30.5 Å². The Morgan fingerprint density at radius 3 is 2.95 bits per heavy atom. The molecule has 1 aliphatic rings. The highest BCUT2D eigenvalue weighted by molar-refractivity contribution is 5.86. The zero-order chi connectivity index (χ0) is 15.2. The molecule has 114 valence electrons. The first-order valence-electron chi connectivity index (χ1n) is 7.26. The maximum absolute atomic E-state index is 13.5. The summed E-state index contributed by atoms with van der Waals surface area (Å²) in [5.41, 5.74) is 0.129. The summed E-state index contributed by atoms with van der Waals surface area (Å²) in [6.07, 6.45) is 3.01. The number of hydrogen-bond donors (Lipinski definition) is 0. The van der Waals surface area contributed by atoms with E-state index in [2.05, 4.69) is 4.98 Å². The molecular formula is C15H20FN3O2. The van der Waals surface area contributed by atoms with E-state index in [9.17, 15) is 14.0 Å². The van der Waals surface area contributed by atoms with Gasteiger partial charge in [0.15, 0.2) is 0 Å². The molecule has 1 saturated heterocycles. The molecule has 2 heterocycles. The molecule has 5 nitrogen and oxygen atoms in total. The molecule has 0 saturated carbocycles. The van der Waals surface area contributed by atoms with Crippen molar-refractivity contribution in [2.75, 3.05) is 26.2 Å². The number of aromatic nitrogens is 1. The van der Waals surface area contributed by atoms with Crippen molar-refractivity contribution in [2.45, 2.75) is 26.2 Å². The zero-order valence-electron chi connectivity index (χ0n) is 12.2. The molecule has 1 aromatic rings. The average Bonchev–Trinajstić information content (AvgIpc) is 2.64. The predicted molar refractivity (Wildman–Crippen MR) is 76.0 cm³/mol. The maximum Gasteiger partial charge on any atom is 0.242 e. The molecule has 0 atom stereocenters. The molecule has 1 aliphatic heterocycles. The van der Waals surface area contributed by atoms with Crippen LogP contribution in [-0.4, -0.2) is 52.8 Å². The van der Waals surface area contributed by atoms with Crippen molar-refractivity contribution in [1.82, 2.24) is 14.8 Å². The molecule has 2 rings (SSSR count). The number of rotatable bonds is 4. The number of carbonyl (C=O) groups excluding carboxylic acids is 2. The topological polar surface area (TPSA) is 53.5 Å². The highest BCUT2D eigenvalue weighted by atomic mass is 19.1. The summed E-state index contributed by atoms with van der Waals surface area (Å²) in [4.78, 5) is 31.5. The number of hydrogen-bond acceptors (Lipinski definition) is 3. The van der Waals surface area contributed by atoms with Crippen molar-refractivity contribution >= 4 is 11.8 Å². The first kappa shape index (κ1) is 15.4. The number of halogens is 1. The first-order chi connectivity index (χ1) is 10.1. The lowest BCUT2D eigenvalue weighted by Crippen LogP contribution is -2.40. The molecule has 0 radical (unpaired) electrons. The van der Waals surface area contributed by atoms with Crippen LogP contribution in [0.15, 0.2) is 18.3 Å². The fourth-order valence-corrected chi connectivity index (χ4v) is 2.44. The van der Waals surface area contributed by atoms with E-state index < -0.39 is 5.82 Å². The Labute approximate surface area is 123 Å². The molecule has 1 aromatic heterocycles. The van der Waals surface area contributed by atoms with E-state index in [1.807, 2.05) is 6.92 Å². The summed E-state index contributed by atoms with van der Waals surface area (Å²) in [6.45, 7) is 4.02. The normalized spacial score (nSPS) is 16.0. The quantitative estimate of drug-likeness (QED) is 0.839. The van der Waals surface area contributed by atoms with Crippen LogP contribution in [0.25, 0.3) is 0 Å². The summed E-state index contributed by atoms with van der Waals surface area (Å²) in [5, 5.41) is 0. The van der Waals surface area contributed by atoms with Crippen LogP contribution in [0.5, 0.6) is 0 Å². The van der Waals surface area contributed by atoms with Crippen LogP contribution in [0.3, 0.4) is 0 Å². The van der Waals surface area contributed by atoms with Crippen LogP contribution in [0.2, 0.25) is 0 Å². The van der Waals surface area contributed by atoms with Crippen LogP contribution in [0, 0.1) is 5.82 Å². The van der Waals surface area contributed by atoms with Crippen LogP contribution >= 0.6 is 0 Å². The zero-order valence-corrected chi connectivity index (χ0v) is 12.2. The molecule has 1 fully saturated rings. The minimum Gasteiger partial charge on any atom is -0.341 e. The number of pyridine rings is 1. The van der Waals surface area contributed by atoms with Crippen molar-refractivity contribution in [3.63, 3.8) is 0 Å². The molecule has 0 spiro atoms. The Balaban J connectivity index is 2.00. The lowest BCUT2D eigenvalue weighted by Gasteiger charge is -2.21. The van der Waals surface area contributed by atoms with Gasteiger partial charge in [0.1, 0.15) is 5.82 Å². The summed E-state index contributed by atoms with van der Waals surface area (Å²) < 4.78 is 13.5. The van der Waals surface area contributed by atoms with Crippen molar-refractivity contribution in [2.24, 2.45) is 0 Å². The van der Waals surface area contributed by atoms with E-state index in [0.29, 0.717) is 13.1 Å². The Bertz CT molecular complexity index is 521. The average molecular weight is 293 g/mol. The van der Waals surface area contributed by atoms with Crippen molar-refractivity contribution in [3.05, 3.63) is 29.8 Å². The SMILES string of the molecule is CCCN1CCCN(C(=O)Cc2ncccc2F)CC1=O. The molecule has 0 aliphatic carbocycles. The third-order valence-electron chi connectivity index (χ3n) is 3.53. The summed E-state index contributed by atoms with van der Waals surface area (Å²) in [6, 6.07) is 2.77. The third kappa shape index (κ3) is 4.00. The number of carbonyl (C=O) groups is 2. The second-order valence-electron chi connectivity index (χ2n) is 5.16. The van der Waals surface area contributed by atoms with Crippen LogP contribution in [0.4, 0.5) is 4.39 Å². The summed E-state index contributed by atoms with van der Waals surface area (Å²) in [5.74, 6) is -0.775. The van der Waals surface area contributed by atoms with Gasteiger partial charge in [-0.1, -0.05) is 6.92 Å². The number of amides is 2. The molecule has 0 N–H and O–H groups in total. The van der Waals surface area contributed by atoms with Gasteiger partial charge in [0.05, 0.1) is 18.7 Å². The summed E-state index contributed by atoms with van der Waals surface area (Å²) in [7, 11) is 0. The minimum atomic E-state index is -0.486. The fraction of sp³-hybridized carbons (Fsp3) is 0.533. The van der Waals surface area contributed by atoms with Crippen LogP contribution < -0.4 is 0 Å². The van der Waals surface area contributed by atoms with Crippen molar-refractivity contribution < 1.29 is 14.0 Å². The van der Waals surface area contributed by atoms with E-state index in [0.717, 1.165) is 19.4 Å². The lowest BCUT2D eigenvalue weighted by molar-refractivity contribution is -0.138. The van der Waals surface area contributed by atoms with Crippen molar-refractivity contribution in [3.8, 4) is 0 Å². The first-order valence-corrected chi connectivity index (χ1v) is 7.26. The van der Waals surface area contributed by atoms with Gasteiger partial charge >= 0.3 is 0 Å². The van der Waals surface area contributed by atoms with Crippen LogP contribution in [-0.2, 0) is 16.0 Å². The van der Waals surface area contributed by atoms with Gasteiger partial charge in [0, 0.05) is 25.8 Å². The van der Waals surface area contributed by atoms with E-state index in [1.165, 1.54) is 23.2 Å². The Hall–Kier alpha value is -1.98. The van der Waals surface area contributed by atoms with Gasteiger partial charge in [-0.05, 0) is 25.0 Å². The maximum atomic E-state index is 13.5. The molecule has 0 unspecified atom stereocenters. The molecule has 2 amide bonds. The van der Waals surface area contributed by atoms with Crippen LogP contribution in [0.1, 0.15) is 25.5 Å². The monoisotopic (exact) mass is 293 g/mol. The second kappa shape index (κ2) is 7.15. The third-order valence-corrected chi connectivity index (χ3v) is 3.53. The Morgan fingerprint density at radius 2 is 2.24 bits per heavy atom. The standard InChI is InChI=1S/C15H20FN3O2/c1-2-7-18-8-4-9-19(11-15(18)21)14(20)10-13-12(16)5-3-6-17-13/h3,5-6H,2,4,7-11H2,1H3. The number of nitrogens with zero attached hydrogens (tertiary/aromatic N) is 3. The molecule has 6 heteroatoms. The van der Waals surface area contributed by atoms with Gasteiger partial charge in [0.2, 0.25) is 11.8 Å². The van der Waals surface area contributed by atoms with Gasteiger partial charge in [-0.2, -0.15) is 0 Å². The Morgan fingerprint density at radius 1 is 1.43 bits per heavy atom. The molecule has 21 heavy (non-hydrogen) atoms. The molecular weight excluding hydrogens is 273 g/mol. The van der Waals surface area contributed by atoms with Gasteiger partial charge in [-0.3, -0.25) is 14.6 Å². The molecule has 0 bridgehead atoms. The van der Waals surface area contributed by atoms with Crippen molar-refractivity contribution in [1.29, 1.82) is 0 Å². The van der Waals surface area contributed by atoms with Gasteiger partial charge in [-0.15, -0.1) is 0 Å². The lowest BCUT2D eigenvalue weighted by atomic mass is 10.2. The van der Waals surface area contributed by atoms with Gasteiger partial charge in [-0.25, -0.2) is 4.39 Å². The van der Waals surface area contributed by atoms with Gasteiger partial charge in [0.25, 0.3) is 0 Å². The largest absolute Gasteiger partial charge is 0.341 e. The van der Waals surface area contributed by atoms with E-state index in [4.69, 9.17) is 0 Å². The molecule has 0 aromatic carbocycles. The smallest absolute Gasteiger partial charge is 0.242 e. The predicted octanol–water partition coefficient (Wildman–Crippen LogP) is 1.23. The highest BCUT2D eigenvalue weighted by Gasteiger charge is 2.25. The Kier molecular flexibility index (Phi) is 5.25. The van der Waals surface area contributed by atoms with Gasteiger partial charge < -0.3 is 9.80 Å². The minimum absolute atomic E-state index is 0.0378. The summed E-state index contributed by atoms with van der Waals surface area (Å²) >= 11 is 0. The van der Waals surface area contributed by atoms with E-state index >= 15 is 0 Å². The second-order valence-corrected chi connectivity index (χ2v) is 5.16.